The maximum Gasteiger partial charge on any atom is 0.397 e. The molecule has 4 saturated heterocycles. The topological polar surface area (TPSA) is 478 Å². The molecule has 4 aliphatic rings. The molecule has 0 aromatic rings. The molecular formula is C24H42O30S3. The highest BCUT2D eigenvalue weighted by Crippen LogP contribution is 2.38. The number of aliphatic hydroxyl groups is 11. The van der Waals surface area contributed by atoms with Gasteiger partial charge >= 0.3 is 31.2 Å². The molecule has 4 rings (SSSR count). The fourth-order valence-corrected chi connectivity index (χ4v) is 7.14. The van der Waals surface area contributed by atoms with E-state index in [4.69, 9.17) is 46.8 Å². The Kier molecular flexibility index (Phi) is 16.1. The van der Waals surface area contributed by atoms with Crippen LogP contribution in [-0.4, -0.2) is 244 Å². The third-order valence-electron chi connectivity index (χ3n) is 8.87. The minimum atomic E-state index is -5.42. The minimum absolute atomic E-state index is 1.03. The van der Waals surface area contributed by atoms with Gasteiger partial charge < -0.3 is 89.3 Å². The molecule has 0 radical (unpaired) electrons. The van der Waals surface area contributed by atoms with Crippen molar-refractivity contribution in [2.24, 2.45) is 0 Å². The second-order valence-corrected chi connectivity index (χ2v) is 16.0. The van der Waals surface area contributed by atoms with Crippen LogP contribution in [0.1, 0.15) is 0 Å². The van der Waals surface area contributed by atoms with Gasteiger partial charge in [0.2, 0.25) is 5.79 Å². The van der Waals surface area contributed by atoms with Gasteiger partial charge in [0.1, 0.15) is 98.2 Å². The second-order valence-electron chi connectivity index (χ2n) is 12.8. The largest absolute Gasteiger partial charge is 0.397 e. The standard InChI is InChI=1S/C24H42O30S3/c25-1-6-10(27)14(31)19(23(48-6)53-24(5-47-56(39,40)41)20(35)12(29)7(2-26)52-24)51-22-16(33)13(30)11(28)8(49-22)3-45-21-17(34)15(32)18(54-57(42,43)44)9(50-21)4-46-55(36,37)38/h6-23,25-35H,1-5H2,(H,36,37,38)(H,39,40,41)(H,42,43,44)/t6-,7-,8-,9-,10-,11+,12-,13+,14+,15-,16-,17-,18+,19-,20+,21+,22-,23-,24+/m1/s1. The highest BCUT2D eigenvalue weighted by atomic mass is 32.3. The molecule has 0 aliphatic carbocycles. The lowest BCUT2D eigenvalue weighted by Crippen LogP contribution is -2.66. The first kappa shape index (κ1) is 48.6. The summed E-state index contributed by atoms with van der Waals surface area (Å²) in [6, 6.07) is 0. The van der Waals surface area contributed by atoms with Crippen LogP contribution in [0.5, 0.6) is 0 Å². The van der Waals surface area contributed by atoms with Crippen LogP contribution in [0.15, 0.2) is 0 Å². The molecule has 0 bridgehead atoms. The zero-order chi connectivity index (χ0) is 43.0. The van der Waals surface area contributed by atoms with E-state index in [0.29, 0.717) is 0 Å². The summed E-state index contributed by atoms with van der Waals surface area (Å²) in [6.07, 6.45) is -38.8. The average molecular weight is 907 g/mol. The van der Waals surface area contributed by atoms with Gasteiger partial charge in [-0.2, -0.15) is 25.3 Å². The minimum Gasteiger partial charge on any atom is -0.394 e. The molecule has 14 N–H and O–H groups in total. The van der Waals surface area contributed by atoms with Gasteiger partial charge in [0.15, 0.2) is 18.9 Å². The molecule has 0 saturated carbocycles. The highest BCUT2D eigenvalue weighted by Gasteiger charge is 2.60. The predicted molar refractivity (Wildman–Crippen MR) is 165 cm³/mol. The van der Waals surface area contributed by atoms with E-state index in [2.05, 4.69) is 12.5 Å². The van der Waals surface area contributed by atoms with Crippen molar-refractivity contribution in [3.63, 3.8) is 0 Å². The lowest BCUT2D eigenvalue weighted by atomic mass is 9.97. The molecule has 4 fully saturated rings. The van der Waals surface area contributed by atoms with Crippen LogP contribution in [0.25, 0.3) is 0 Å². The van der Waals surface area contributed by atoms with Crippen LogP contribution in [0.2, 0.25) is 0 Å². The van der Waals surface area contributed by atoms with Gasteiger partial charge in [-0.25, -0.2) is 12.5 Å². The smallest absolute Gasteiger partial charge is 0.394 e. The highest BCUT2D eigenvalue weighted by molar-refractivity contribution is 7.81. The summed E-state index contributed by atoms with van der Waals surface area (Å²) >= 11 is 0. The van der Waals surface area contributed by atoms with Crippen molar-refractivity contribution in [2.75, 3.05) is 33.0 Å². The summed E-state index contributed by atoms with van der Waals surface area (Å²) in [7, 11) is -16.0. The molecular weight excluding hydrogens is 864 g/mol. The van der Waals surface area contributed by atoms with Crippen LogP contribution >= 0.6 is 0 Å². The van der Waals surface area contributed by atoms with Gasteiger partial charge in [-0.05, 0) is 0 Å². The number of rotatable bonds is 17. The van der Waals surface area contributed by atoms with Crippen molar-refractivity contribution in [3.8, 4) is 0 Å². The quantitative estimate of drug-likeness (QED) is 0.0603. The van der Waals surface area contributed by atoms with Crippen LogP contribution in [0.4, 0.5) is 0 Å². The average Bonchev–Trinajstić information content (AvgIpc) is 3.35. The Morgan fingerprint density at radius 3 is 1.58 bits per heavy atom. The molecule has 336 valence electrons. The van der Waals surface area contributed by atoms with Crippen molar-refractivity contribution in [3.05, 3.63) is 0 Å². The summed E-state index contributed by atoms with van der Waals surface area (Å²) in [4.78, 5) is 0. The van der Waals surface area contributed by atoms with E-state index in [1.807, 2.05) is 0 Å². The zero-order valence-electron chi connectivity index (χ0n) is 28.4. The van der Waals surface area contributed by atoms with E-state index in [-0.39, 0.29) is 0 Å². The monoisotopic (exact) mass is 906 g/mol. The van der Waals surface area contributed by atoms with Crippen LogP contribution in [0.3, 0.4) is 0 Å². The van der Waals surface area contributed by atoms with Crippen molar-refractivity contribution in [1.82, 2.24) is 0 Å². The second kappa shape index (κ2) is 18.9. The molecule has 0 spiro atoms. The maximum absolute atomic E-state index is 11.4. The SMILES string of the molecule is O=S(=O)(O)OC[C@H]1O[C@H](OC[C@H]2O[C@H](O[C@H]3[C@@H](O[C@]4(COS(=O)(=O)O)O[C@H](CO)[C@@H](O)[C@@H]4O)O[C@H](CO)[C@@H](O)[C@@H]3O)[C@H](O)[C@@H](O)[C@H]2O)[C@H](O)[C@@H](O)[C@H]1OS(=O)(=O)O. The number of hydrogen-bond donors (Lipinski definition) is 14. The normalized spacial score (nSPS) is 44.9. The molecule has 19 atom stereocenters. The molecule has 30 nitrogen and oxygen atoms in total. The van der Waals surface area contributed by atoms with E-state index < -0.39 is 180 Å². The Labute approximate surface area is 320 Å². The Hall–Kier alpha value is -1.11. The molecule has 0 unspecified atom stereocenters. The van der Waals surface area contributed by atoms with Gasteiger partial charge in [0.25, 0.3) is 0 Å². The summed E-state index contributed by atoms with van der Waals surface area (Å²) < 4.78 is 145. The third-order valence-corrected chi connectivity index (χ3v) is 10.2. The summed E-state index contributed by atoms with van der Waals surface area (Å²) in [5, 5.41) is 115. The molecule has 0 aromatic heterocycles. The van der Waals surface area contributed by atoms with Gasteiger partial charge in [0, 0.05) is 0 Å². The molecule has 33 heteroatoms. The number of hydrogen-bond acceptors (Lipinski definition) is 27. The Morgan fingerprint density at radius 1 is 0.509 bits per heavy atom. The lowest BCUT2D eigenvalue weighted by molar-refractivity contribution is -0.408. The van der Waals surface area contributed by atoms with Gasteiger partial charge in [-0.3, -0.25) is 13.7 Å². The summed E-state index contributed by atoms with van der Waals surface area (Å²) in [6.45, 7) is -5.98. The molecule has 57 heavy (non-hydrogen) atoms. The van der Waals surface area contributed by atoms with E-state index in [1.165, 1.54) is 0 Å². The molecule has 4 aliphatic heterocycles. The first-order chi connectivity index (χ1) is 26.2. The molecule has 4 heterocycles. The van der Waals surface area contributed by atoms with Gasteiger partial charge in [-0.15, -0.1) is 0 Å². The molecule has 0 aromatic carbocycles. The maximum atomic E-state index is 11.4. The number of ether oxygens (including phenoxy) is 7. The first-order valence-electron chi connectivity index (χ1n) is 16.0. The van der Waals surface area contributed by atoms with Crippen molar-refractivity contribution in [1.29, 1.82) is 0 Å². The van der Waals surface area contributed by atoms with Crippen molar-refractivity contribution < 1.29 is 141 Å². The van der Waals surface area contributed by atoms with E-state index in [9.17, 15) is 81.4 Å². The van der Waals surface area contributed by atoms with E-state index in [0.717, 1.165) is 0 Å². The Balaban J connectivity index is 1.57. The van der Waals surface area contributed by atoms with Gasteiger partial charge in [-0.1, -0.05) is 0 Å². The third kappa shape index (κ3) is 11.8. The first-order valence-corrected chi connectivity index (χ1v) is 20.1. The fraction of sp³-hybridized carbons (Fsp3) is 1.00. The fourth-order valence-electron chi connectivity index (χ4n) is 6.01. The Bertz CT molecular complexity index is 1650. The van der Waals surface area contributed by atoms with Gasteiger partial charge in [0.05, 0.1) is 26.4 Å². The van der Waals surface area contributed by atoms with E-state index in [1.54, 1.807) is 0 Å². The molecule has 0 amide bonds. The Morgan fingerprint density at radius 2 is 1.04 bits per heavy atom. The lowest BCUT2D eigenvalue weighted by Gasteiger charge is -2.48. The van der Waals surface area contributed by atoms with E-state index >= 15 is 0 Å². The van der Waals surface area contributed by atoms with Crippen molar-refractivity contribution in [2.45, 2.75) is 116 Å². The van der Waals surface area contributed by atoms with Crippen LogP contribution in [-0.2, 0) is 76.9 Å². The van der Waals surface area contributed by atoms with Crippen LogP contribution in [0, 0.1) is 0 Å². The summed E-state index contributed by atoms with van der Waals surface area (Å²) in [5.41, 5.74) is 0. The number of aliphatic hydroxyl groups excluding tert-OH is 11. The predicted octanol–water partition coefficient (Wildman–Crippen LogP) is -10.3. The zero-order valence-corrected chi connectivity index (χ0v) is 30.9. The van der Waals surface area contributed by atoms with Crippen molar-refractivity contribution >= 4 is 31.2 Å². The summed E-state index contributed by atoms with van der Waals surface area (Å²) in [5.74, 6) is -2.93. The van der Waals surface area contributed by atoms with Crippen LogP contribution < -0.4 is 0 Å².